The highest BCUT2D eigenvalue weighted by Crippen LogP contribution is 2.38. The highest BCUT2D eigenvalue weighted by atomic mass is 32.1. The molecule has 366 valence electrons. The van der Waals surface area contributed by atoms with Crippen LogP contribution < -0.4 is 20.3 Å². The molecule has 0 bridgehead atoms. The summed E-state index contributed by atoms with van der Waals surface area (Å²) < 4.78 is 17.1. The smallest absolute Gasteiger partial charge is 0.269 e. The molecular weight excluding hydrogens is 913 g/mol. The van der Waals surface area contributed by atoms with Gasteiger partial charge in [-0.15, -0.1) is 11.3 Å². The summed E-state index contributed by atoms with van der Waals surface area (Å²) in [6.07, 6.45) is 4.50. The minimum Gasteiger partial charge on any atom is -0.491 e. The fourth-order valence-electron chi connectivity index (χ4n) is 8.28. The molecule has 1 fully saturated rings. The monoisotopic (exact) mass is 970 g/mol. The predicted octanol–water partition coefficient (Wildman–Crippen LogP) is 7.45. The summed E-state index contributed by atoms with van der Waals surface area (Å²) in [6, 6.07) is 26.9. The number of nitro groups is 1. The number of aromatic nitrogens is 1. The minimum absolute atomic E-state index is 0.0108. The number of fused-ring (bicyclic) bond motifs is 1. The number of nitro benzene ring substituents is 1. The van der Waals surface area contributed by atoms with Gasteiger partial charge in [0.2, 0.25) is 17.7 Å². The van der Waals surface area contributed by atoms with Gasteiger partial charge in [0.05, 0.1) is 65.2 Å². The summed E-state index contributed by atoms with van der Waals surface area (Å²) in [5.74, 6) is -0.861. The van der Waals surface area contributed by atoms with E-state index in [-0.39, 0.29) is 69.5 Å². The second-order valence-electron chi connectivity index (χ2n) is 18.2. The number of nitrogens with one attached hydrogen (secondary N) is 2. The number of anilines is 1. The molecule has 5 aromatic rings. The predicted molar refractivity (Wildman–Crippen MR) is 268 cm³/mol. The molecular formula is C53H58N6O10S. The molecule has 3 heterocycles. The lowest BCUT2D eigenvalue weighted by molar-refractivity contribution is -0.384. The first-order valence-corrected chi connectivity index (χ1v) is 24.0. The van der Waals surface area contributed by atoms with Crippen LogP contribution in [0.4, 0.5) is 11.4 Å². The van der Waals surface area contributed by atoms with Crippen molar-refractivity contribution in [2.45, 2.75) is 71.8 Å². The fraction of sp³-hybridized carbons (Fsp3) is 0.340. The number of ether oxygens (including phenoxy) is 3. The number of rotatable bonds is 20. The molecule has 1 saturated heterocycles. The normalized spacial score (nSPS) is 17.2. The van der Waals surface area contributed by atoms with E-state index < -0.39 is 40.3 Å². The first-order valence-electron chi connectivity index (χ1n) is 23.1. The van der Waals surface area contributed by atoms with E-state index in [9.17, 15) is 34.4 Å². The standard InChI is InChI=1S/C53H58N6O10S/c1-34(38-17-19-39(20-18-38)48-35(2)54-33-70-48)55-50(62)46-29-41(60)31-58(46)52(64)49(53(3,4)5)56-47(61)32-68-26-25-67-27-28-69-42-23-15-37(16-24-42)30-57-45-12-7-6-10-43(45)44(51(57)63)11-8-9-36-13-21-40(22-14-36)59(65)66/h6-24,33-34,41,46,49,60H,25-32H2,1-5H3,(H,55,62)(H,56,61)/b9-8+,44-11+/t34-,41+,46-,49+/m0/s1. The van der Waals surface area contributed by atoms with Crippen LogP contribution in [0, 0.1) is 22.5 Å². The van der Waals surface area contributed by atoms with Gasteiger partial charge >= 0.3 is 0 Å². The molecule has 0 spiro atoms. The Kier molecular flexibility index (Phi) is 16.7. The van der Waals surface area contributed by atoms with Crippen LogP contribution in [0.5, 0.6) is 5.75 Å². The molecule has 1 aromatic heterocycles. The quantitative estimate of drug-likeness (QED) is 0.0303. The Morgan fingerprint density at radius 1 is 0.943 bits per heavy atom. The van der Waals surface area contributed by atoms with E-state index in [1.54, 1.807) is 46.6 Å². The van der Waals surface area contributed by atoms with E-state index in [2.05, 4.69) is 15.6 Å². The number of aryl methyl sites for hydroxylation is 1. The Labute approximate surface area is 411 Å². The van der Waals surface area contributed by atoms with E-state index in [1.165, 1.54) is 17.0 Å². The zero-order valence-corrected chi connectivity index (χ0v) is 40.6. The lowest BCUT2D eigenvalue weighted by Crippen LogP contribution is -2.58. The number of aliphatic hydroxyl groups is 1. The van der Waals surface area contributed by atoms with Gasteiger partial charge in [-0.2, -0.15) is 0 Å². The van der Waals surface area contributed by atoms with Crippen LogP contribution in [0.3, 0.4) is 0 Å². The molecule has 0 saturated carbocycles. The van der Waals surface area contributed by atoms with Crippen LogP contribution in [-0.2, 0) is 35.2 Å². The van der Waals surface area contributed by atoms with Gasteiger partial charge in [-0.25, -0.2) is 4.98 Å². The minimum atomic E-state index is -0.992. The molecule has 4 atom stereocenters. The van der Waals surface area contributed by atoms with Gasteiger partial charge in [-0.05, 0) is 77.9 Å². The summed E-state index contributed by atoms with van der Waals surface area (Å²) >= 11 is 1.57. The summed E-state index contributed by atoms with van der Waals surface area (Å²) in [4.78, 5) is 73.4. The van der Waals surface area contributed by atoms with Crippen molar-refractivity contribution >= 4 is 58.0 Å². The van der Waals surface area contributed by atoms with Crippen LogP contribution in [-0.4, -0.2) is 101 Å². The Bertz CT molecular complexity index is 2710. The summed E-state index contributed by atoms with van der Waals surface area (Å²) in [5, 5.41) is 27.4. The number of likely N-dealkylation sites (tertiary alicyclic amines) is 1. The summed E-state index contributed by atoms with van der Waals surface area (Å²) in [7, 11) is 0. The second-order valence-corrected chi connectivity index (χ2v) is 19.1. The average Bonchev–Trinajstić information content (AvgIpc) is 4.03. The SMILES string of the molecule is Cc1ncsc1-c1ccc([C@H](C)NC(=O)[C@@H]2C[C@@H](O)CN2C(=O)[C@@H](NC(=O)COCCOCCOc2ccc(CN3C(=O)/C(=C/C=C/c4ccc([N+](=O)[O-])cc4)c4ccccc43)cc2)C(C)(C)C)cc1. The van der Waals surface area contributed by atoms with Crippen LogP contribution in [0.1, 0.15) is 68.1 Å². The Morgan fingerprint density at radius 2 is 1.64 bits per heavy atom. The van der Waals surface area contributed by atoms with E-state index in [1.807, 2.05) is 113 Å². The number of nitrogens with zero attached hydrogens (tertiary/aromatic N) is 4. The van der Waals surface area contributed by atoms with Crippen molar-refractivity contribution in [3.05, 3.63) is 153 Å². The van der Waals surface area contributed by atoms with Gasteiger partial charge in [0.1, 0.15) is 31.0 Å². The number of thiazole rings is 1. The van der Waals surface area contributed by atoms with Crippen LogP contribution in [0.2, 0.25) is 0 Å². The zero-order chi connectivity index (χ0) is 50.0. The Balaban J connectivity index is 0.813. The van der Waals surface area contributed by atoms with E-state index in [0.717, 1.165) is 44.1 Å². The number of β-amino-alcohol motifs (C(OH)–C–C–N with tert-alkyl or cyclic N) is 1. The molecule has 7 rings (SSSR count). The molecule has 0 unspecified atom stereocenters. The van der Waals surface area contributed by atoms with Gasteiger partial charge in [0.25, 0.3) is 11.6 Å². The molecule has 4 aromatic carbocycles. The lowest BCUT2D eigenvalue weighted by atomic mass is 9.85. The topological polar surface area (TPSA) is 203 Å². The maximum absolute atomic E-state index is 14.0. The number of carbonyl (C=O) groups is 4. The van der Waals surface area contributed by atoms with Gasteiger partial charge in [0, 0.05) is 36.2 Å². The molecule has 17 heteroatoms. The third-order valence-electron chi connectivity index (χ3n) is 12.0. The number of amides is 4. The average molecular weight is 971 g/mol. The molecule has 0 radical (unpaired) electrons. The maximum atomic E-state index is 14.0. The summed E-state index contributed by atoms with van der Waals surface area (Å²) in [6.45, 7) is 10.1. The first-order chi connectivity index (χ1) is 33.6. The van der Waals surface area contributed by atoms with Gasteiger partial charge in [-0.3, -0.25) is 29.3 Å². The molecule has 4 amide bonds. The third kappa shape index (κ3) is 12.8. The summed E-state index contributed by atoms with van der Waals surface area (Å²) in [5.41, 5.74) is 7.82. The number of carbonyl (C=O) groups excluding carboxylic acids is 4. The van der Waals surface area contributed by atoms with Crippen LogP contribution in [0.15, 0.2) is 115 Å². The Hall–Kier alpha value is -7.05. The number of hydrogen-bond donors (Lipinski definition) is 3. The molecule has 0 aliphatic carbocycles. The van der Waals surface area contributed by atoms with Gasteiger partial charge in [-0.1, -0.05) is 87.5 Å². The van der Waals surface area contributed by atoms with Crippen molar-refractivity contribution in [2.24, 2.45) is 5.41 Å². The number of hydrogen-bond acceptors (Lipinski definition) is 12. The molecule has 3 N–H and O–H groups in total. The highest BCUT2D eigenvalue weighted by molar-refractivity contribution is 7.13. The van der Waals surface area contributed by atoms with Crippen molar-refractivity contribution < 1.29 is 43.4 Å². The largest absolute Gasteiger partial charge is 0.491 e. The number of aliphatic hydroxyl groups excluding tert-OH is 1. The van der Waals surface area contributed by atoms with E-state index in [4.69, 9.17) is 14.2 Å². The van der Waals surface area contributed by atoms with Crippen molar-refractivity contribution in [2.75, 3.05) is 44.5 Å². The maximum Gasteiger partial charge on any atom is 0.269 e. The first kappa shape index (κ1) is 50.8. The Morgan fingerprint density at radius 3 is 2.33 bits per heavy atom. The second kappa shape index (κ2) is 23.0. The molecule has 2 aliphatic heterocycles. The van der Waals surface area contributed by atoms with Crippen LogP contribution >= 0.6 is 11.3 Å². The van der Waals surface area contributed by atoms with Gasteiger partial charge in [0.15, 0.2) is 0 Å². The number of para-hydroxylation sites is 1. The van der Waals surface area contributed by atoms with Crippen LogP contribution in [0.25, 0.3) is 22.1 Å². The molecule has 2 aliphatic rings. The van der Waals surface area contributed by atoms with E-state index >= 15 is 0 Å². The van der Waals surface area contributed by atoms with Gasteiger partial charge < -0.3 is 39.8 Å². The highest BCUT2D eigenvalue weighted by Gasteiger charge is 2.45. The number of allylic oxidation sites excluding steroid dienone is 2. The zero-order valence-electron chi connectivity index (χ0n) is 39.8. The van der Waals surface area contributed by atoms with Crippen molar-refractivity contribution in [1.82, 2.24) is 20.5 Å². The lowest BCUT2D eigenvalue weighted by Gasteiger charge is -2.35. The van der Waals surface area contributed by atoms with Crippen molar-refractivity contribution in [3.8, 4) is 16.2 Å². The van der Waals surface area contributed by atoms with E-state index in [0.29, 0.717) is 17.9 Å². The van der Waals surface area contributed by atoms with Crippen molar-refractivity contribution in [1.29, 1.82) is 0 Å². The number of non-ortho nitro benzene ring substituents is 1. The fourth-order valence-corrected chi connectivity index (χ4v) is 9.09. The number of benzene rings is 4. The molecule has 70 heavy (non-hydrogen) atoms. The van der Waals surface area contributed by atoms with Crippen molar-refractivity contribution in [3.63, 3.8) is 0 Å². The molecule has 16 nitrogen and oxygen atoms in total. The third-order valence-corrected chi connectivity index (χ3v) is 13.0.